The summed E-state index contributed by atoms with van der Waals surface area (Å²) in [4.78, 5) is 31.4. The molecule has 152 valence electrons. The van der Waals surface area contributed by atoms with Gasteiger partial charge < -0.3 is 18.9 Å². The molecule has 2 aromatic rings. The molecule has 0 radical (unpaired) electrons. The van der Waals surface area contributed by atoms with E-state index in [4.69, 9.17) is 38.5 Å². The average Bonchev–Trinajstić information content (AvgIpc) is 2.69. The predicted octanol–water partition coefficient (Wildman–Crippen LogP) is 2.86. The van der Waals surface area contributed by atoms with Gasteiger partial charge in [-0.3, -0.25) is 4.89 Å². The standard InChI is InChI=1S/C18H22O9P/c1-22-14-8-7-12(9-15(14)26-27-28(19,20)21)5-6-13-10-16(23-2)18(25-4)17(11-13)24-3/h5-11,19-21H,1-4H3/q+1/b6-5-. The van der Waals surface area contributed by atoms with Crippen molar-refractivity contribution < 1.29 is 43.2 Å². The Morgan fingerprint density at radius 3 is 1.71 bits per heavy atom. The van der Waals surface area contributed by atoms with Crippen LogP contribution >= 0.6 is 8.17 Å². The van der Waals surface area contributed by atoms with Crippen molar-refractivity contribution in [2.24, 2.45) is 0 Å². The molecular weight excluding hydrogens is 391 g/mol. The fraction of sp³-hybridized carbons (Fsp3) is 0.222. The highest BCUT2D eigenvalue weighted by molar-refractivity contribution is 7.53. The van der Waals surface area contributed by atoms with Gasteiger partial charge in [0.1, 0.15) is 0 Å². The van der Waals surface area contributed by atoms with Crippen LogP contribution in [0.4, 0.5) is 0 Å². The molecule has 0 fully saturated rings. The van der Waals surface area contributed by atoms with Crippen molar-refractivity contribution in [2.75, 3.05) is 28.4 Å². The van der Waals surface area contributed by atoms with E-state index in [0.717, 1.165) is 5.56 Å². The topological polar surface area (TPSA) is 116 Å². The summed E-state index contributed by atoms with van der Waals surface area (Å²) in [5.41, 5.74) is 1.47. The van der Waals surface area contributed by atoms with Gasteiger partial charge in [-0.2, -0.15) is 14.7 Å². The van der Waals surface area contributed by atoms with Crippen LogP contribution in [-0.4, -0.2) is 43.1 Å². The quantitative estimate of drug-likeness (QED) is 0.247. The average molecular weight is 413 g/mol. The Labute approximate surface area is 162 Å². The van der Waals surface area contributed by atoms with Crippen molar-refractivity contribution in [3.8, 4) is 28.7 Å². The molecule has 0 unspecified atom stereocenters. The highest BCUT2D eigenvalue weighted by atomic mass is 31.2. The van der Waals surface area contributed by atoms with Crippen molar-refractivity contribution >= 4 is 20.3 Å². The lowest BCUT2D eigenvalue weighted by molar-refractivity contribution is -0.135. The van der Waals surface area contributed by atoms with Gasteiger partial charge in [0.05, 0.1) is 33.1 Å². The third kappa shape index (κ3) is 5.72. The molecular formula is C18H22O9P+. The Hall–Kier alpha value is -2.55. The van der Waals surface area contributed by atoms with E-state index in [2.05, 4.69) is 4.67 Å². The molecule has 9 nitrogen and oxygen atoms in total. The highest BCUT2D eigenvalue weighted by Crippen LogP contribution is 2.47. The molecule has 2 rings (SSSR count). The molecule has 28 heavy (non-hydrogen) atoms. The lowest BCUT2D eigenvalue weighted by atomic mass is 10.1. The van der Waals surface area contributed by atoms with Crippen LogP contribution in [-0.2, 0) is 4.67 Å². The molecule has 0 saturated carbocycles. The van der Waals surface area contributed by atoms with E-state index < -0.39 is 8.17 Å². The number of rotatable bonds is 9. The molecule has 0 atom stereocenters. The Balaban J connectivity index is 2.31. The number of hydrogen-bond acceptors (Lipinski definition) is 9. The number of ether oxygens (including phenoxy) is 4. The maximum atomic E-state index is 8.89. The van der Waals surface area contributed by atoms with Crippen LogP contribution in [0.15, 0.2) is 30.3 Å². The zero-order chi connectivity index (χ0) is 20.7. The zero-order valence-electron chi connectivity index (χ0n) is 15.8. The van der Waals surface area contributed by atoms with Gasteiger partial charge in [-0.15, -0.1) is 0 Å². The van der Waals surface area contributed by atoms with Crippen molar-refractivity contribution in [2.45, 2.75) is 0 Å². The van der Waals surface area contributed by atoms with Gasteiger partial charge in [0.2, 0.25) is 11.5 Å². The zero-order valence-corrected chi connectivity index (χ0v) is 16.7. The Kier molecular flexibility index (Phi) is 7.45. The van der Waals surface area contributed by atoms with E-state index in [1.54, 1.807) is 36.4 Å². The Morgan fingerprint density at radius 1 is 0.679 bits per heavy atom. The minimum atomic E-state index is -4.55. The van der Waals surface area contributed by atoms with Gasteiger partial charge in [-0.05, 0) is 35.4 Å². The van der Waals surface area contributed by atoms with Crippen molar-refractivity contribution in [3.63, 3.8) is 0 Å². The summed E-state index contributed by atoms with van der Waals surface area (Å²) >= 11 is 0. The SMILES string of the molecule is COc1ccc(/C=C\c2cc(OC)c(OC)c(OC)c2)cc1OO[P+](O)(O)O. The molecule has 0 aliphatic heterocycles. The molecule has 10 heteroatoms. The van der Waals surface area contributed by atoms with Gasteiger partial charge in [-0.1, -0.05) is 18.2 Å². The molecule has 0 aliphatic rings. The number of methoxy groups -OCH3 is 4. The fourth-order valence-electron chi connectivity index (χ4n) is 2.34. The molecule has 0 aromatic heterocycles. The van der Waals surface area contributed by atoms with Crippen molar-refractivity contribution in [3.05, 3.63) is 41.5 Å². The summed E-state index contributed by atoms with van der Waals surface area (Å²) in [5.74, 6) is 1.85. The van der Waals surface area contributed by atoms with Gasteiger partial charge in [0, 0.05) is 0 Å². The van der Waals surface area contributed by atoms with E-state index in [1.807, 2.05) is 0 Å². The van der Waals surface area contributed by atoms with Crippen LogP contribution < -0.4 is 23.8 Å². The Morgan fingerprint density at radius 2 is 1.21 bits per heavy atom. The largest absolute Gasteiger partial charge is 0.611 e. The first kappa shape index (κ1) is 21.7. The molecule has 0 bridgehead atoms. The summed E-state index contributed by atoms with van der Waals surface area (Å²) in [6, 6.07) is 8.44. The van der Waals surface area contributed by atoms with Gasteiger partial charge in [-0.25, -0.2) is 0 Å². The first-order valence-electron chi connectivity index (χ1n) is 7.91. The van der Waals surface area contributed by atoms with Crippen LogP contribution in [0.5, 0.6) is 28.7 Å². The number of hydrogen-bond donors (Lipinski definition) is 3. The second kappa shape index (κ2) is 9.59. The maximum absolute atomic E-state index is 8.89. The fourth-order valence-corrected chi connectivity index (χ4v) is 2.52. The van der Waals surface area contributed by atoms with Crippen LogP contribution in [0.1, 0.15) is 11.1 Å². The lowest BCUT2D eigenvalue weighted by Crippen LogP contribution is -2.01. The van der Waals surface area contributed by atoms with Crippen LogP contribution in [0.2, 0.25) is 0 Å². The molecule has 0 amide bonds. The Bertz CT molecular complexity index is 805. The summed E-state index contributed by atoms with van der Waals surface area (Å²) in [6.07, 6.45) is 3.57. The number of benzene rings is 2. The van der Waals surface area contributed by atoms with Crippen LogP contribution in [0.3, 0.4) is 0 Å². The van der Waals surface area contributed by atoms with Gasteiger partial charge in [0.25, 0.3) is 0 Å². The van der Waals surface area contributed by atoms with E-state index in [0.29, 0.717) is 22.8 Å². The van der Waals surface area contributed by atoms with E-state index >= 15 is 0 Å². The van der Waals surface area contributed by atoms with E-state index in [1.165, 1.54) is 34.5 Å². The second-order valence-corrected chi connectivity index (χ2v) is 6.55. The summed E-state index contributed by atoms with van der Waals surface area (Å²) in [6.45, 7) is 0. The van der Waals surface area contributed by atoms with Crippen molar-refractivity contribution in [1.82, 2.24) is 0 Å². The van der Waals surface area contributed by atoms with E-state index in [9.17, 15) is 0 Å². The minimum absolute atomic E-state index is 0.0519. The van der Waals surface area contributed by atoms with Crippen molar-refractivity contribution in [1.29, 1.82) is 0 Å². The molecule has 0 heterocycles. The molecule has 0 aliphatic carbocycles. The van der Waals surface area contributed by atoms with Gasteiger partial charge in [0.15, 0.2) is 17.2 Å². The smallest absolute Gasteiger partial charge is 0.493 e. The predicted molar refractivity (Wildman–Crippen MR) is 103 cm³/mol. The third-order valence-corrected chi connectivity index (χ3v) is 3.84. The first-order valence-corrected chi connectivity index (χ1v) is 9.47. The minimum Gasteiger partial charge on any atom is -0.493 e. The van der Waals surface area contributed by atoms with Crippen LogP contribution in [0.25, 0.3) is 12.2 Å². The third-order valence-electron chi connectivity index (χ3n) is 3.57. The van der Waals surface area contributed by atoms with Crippen LogP contribution in [0, 0.1) is 0 Å². The van der Waals surface area contributed by atoms with Gasteiger partial charge >= 0.3 is 8.17 Å². The summed E-state index contributed by atoms with van der Waals surface area (Å²) in [5, 5.41) is 0. The normalized spacial score (nSPS) is 11.4. The molecule has 2 aromatic carbocycles. The maximum Gasteiger partial charge on any atom is 0.611 e. The monoisotopic (exact) mass is 413 g/mol. The molecule has 3 N–H and O–H groups in total. The molecule has 0 spiro atoms. The van der Waals surface area contributed by atoms with E-state index in [-0.39, 0.29) is 11.5 Å². The second-order valence-electron chi connectivity index (χ2n) is 5.37. The summed E-state index contributed by atoms with van der Waals surface area (Å²) < 4.78 is 25.2. The lowest BCUT2D eigenvalue weighted by Gasteiger charge is -2.13. The summed E-state index contributed by atoms with van der Waals surface area (Å²) in [7, 11) is 1.45. The first-order chi connectivity index (χ1) is 13.3. The molecule has 0 saturated heterocycles. The highest BCUT2D eigenvalue weighted by Gasteiger charge is 2.37.